The van der Waals surface area contributed by atoms with Gasteiger partial charge in [-0.1, -0.05) is 23.9 Å². The van der Waals surface area contributed by atoms with Crippen LogP contribution in [0.25, 0.3) is 11.5 Å². The van der Waals surface area contributed by atoms with Crippen LogP contribution in [0.15, 0.2) is 58.2 Å². The molecule has 30 heavy (non-hydrogen) atoms. The fourth-order valence-corrected chi connectivity index (χ4v) is 3.66. The zero-order valence-corrected chi connectivity index (χ0v) is 16.8. The largest absolute Gasteiger partial charge is 0.411 e. The average molecular weight is 426 g/mol. The molecule has 154 valence electrons. The average Bonchev–Trinajstić information content (AvgIpc) is 3.41. The Morgan fingerprint density at radius 3 is 2.60 bits per heavy atom. The summed E-state index contributed by atoms with van der Waals surface area (Å²) in [6.07, 6.45) is 1.49. The second kappa shape index (κ2) is 9.08. The van der Waals surface area contributed by atoms with E-state index in [1.54, 1.807) is 17.0 Å². The Kier molecular flexibility index (Phi) is 6.08. The Balaban J connectivity index is 1.24. The van der Waals surface area contributed by atoms with Crippen LogP contribution in [-0.4, -0.2) is 34.3 Å². The molecule has 1 saturated heterocycles. The van der Waals surface area contributed by atoms with Crippen LogP contribution in [0.5, 0.6) is 0 Å². The number of amides is 2. The summed E-state index contributed by atoms with van der Waals surface area (Å²) in [6.45, 7) is 1.14. The van der Waals surface area contributed by atoms with Crippen molar-refractivity contribution in [1.82, 2.24) is 15.5 Å². The molecule has 0 spiro atoms. The van der Waals surface area contributed by atoms with Gasteiger partial charge >= 0.3 is 0 Å². The van der Waals surface area contributed by atoms with Gasteiger partial charge < -0.3 is 14.6 Å². The zero-order valence-electron chi connectivity index (χ0n) is 16.0. The van der Waals surface area contributed by atoms with E-state index in [2.05, 4.69) is 15.5 Å². The van der Waals surface area contributed by atoms with E-state index < -0.39 is 0 Å². The van der Waals surface area contributed by atoms with Crippen LogP contribution in [0.3, 0.4) is 0 Å². The second-order valence-electron chi connectivity index (χ2n) is 6.76. The number of carbonyl (C=O) groups is 2. The first-order chi connectivity index (χ1) is 14.6. The van der Waals surface area contributed by atoms with Crippen molar-refractivity contribution in [3.63, 3.8) is 0 Å². The van der Waals surface area contributed by atoms with E-state index in [1.807, 2.05) is 24.3 Å². The molecule has 2 amide bonds. The van der Waals surface area contributed by atoms with Crippen molar-refractivity contribution in [2.45, 2.75) is 24.6 Å². The predicted molar refractivity (Wildman–Crippen MR) is 110 cm³/mol. The van der Waals surface area contributed by atoms with Crippen molar-refractivity contribution in [3.8, 4) is 11.5 Å². The Morgan fingerprint density at radius 1 is 1.13 bits per heavy atom. The highest BCUT2D eigenvalue weighted by Crippen LogP contribution is 2.24. The molecule has 2 aromatic carbocycles. The molecule has 1 fully saturated rings. The van der Waals surface area contributed by atoms with Crippen molar-refractivity contribution in [2.75, 3.05) is 17.2 Å². The van der Waals surface area contributed by atoms with Crippen LogP contribution in [0.1, 0.15) is 18.4 Å². The molecule has 3 aromatic rings. The van der Waals surface area contributed by atoms with Gasteiger partial charge in [-0.05, 0) is 48.4 Å². The summed E-state index contributed by atoms with van der Waals surface area (Å²) in [5, 5.41) is 10.9. The van der Waals surface area contributed by atoms with Crippen molar-refractivity contribution >= 4 is 29.3 Å². The molecular weight excluding hydrogens is 407 g/mol. The molecule has 0 radical (unpaired) electrons. The van der Waals surface area contributed by atoms with E-state index in [0.29, 0.717) is 18.5 Å². The Hall–Kier alpha value is -3.20. The van der Waals surface area contributed by atoms with E-state index >= 15 is 0 Å². The van der Waals surface area contributed by atoms with E-state index in [-0.39, 0.29) is 34.5 Å². The summed E-state index contributed by atoms with van der Waals surface area (Å²) >= 11 is 1.13. The summed E-state index contributed by atoms with van der Waals surface area (Å²) in [5.41, 5.74) is 2.44. The van der Waals surface area contributed by atoms with Crippen molar-refractivity contribution in [1.29, 1.82) is 0 Å². The summed E-state index contributed by atoms with van der Waals surface area (Å²) in [4.78, 5) is 25.7. The first kappa shape index (κ1) is 20.1. The molecule has 4 rings (SSSR count). The van der Waals surface area contributed by atoms with Gasteiger partial charge in [0.1, 0.15) is 5.82 Å². The quantitative estimate of drug-likeness (QED) is 0.583. The molecule has 2 heterocycles. The Labute approximate surface area is 176 Å². The molecule has 0 unspecified atom stereocenters. The molecule has 7 nitrogen and oxygen atoms in total. The molecule has 0 bridgehead atoms. The number of nitrogens with zero attached hydrogens (tertiary/aromatic N) is 3. The maximum atomic E-state index is 13.0. The fourth-order valence-electron chi connectivity index (χ4n) is 3.07. The molecule has 1 N–H and O–H groups in total. The number of nitrogens with one attached hydrogen (secondary N) is 1. The molecular formula is C21H19FN4O3S. The lowest BCUT2D eigenvalue weighted by Crippen LogP contribution is -2.25. The molecule has 1 aromatic heterocycles. The van der Waals surface area contributed by atoms with E-state index in [4.69, 9.17) is 4.42 Å². The lowest BCUT2D eigenvalue weighted by molar-refractivity contribution is -0.119. The maximum absolute atomic E-state index is 13.0. The van der Waals surface area contributed by atoms with Crippen LogP contribution >= 0.6 is 11.8 Å². The lowest BCUT2D eigenvalue weighted by atomic mass is 10.2. The van der Waals surface area contributed by atoms with Gasteiger partial charge in [0.2, 0.25) is 17.7 Å². The van der Waals surface area contributed by atoms with Gasteiger partial charge in [-0.2, -0.15) is 0 Å². The van der Waals surface area contributed by atoms with Crippen molar-refractivity contribution < 1.29 is 18.4 Å². The van der Waals surface area contributed by atoms with E-state index in [0.717, 1.165) is 36.0 Å². The lowest BCUT2D eigenvalue weighted by Gasteiger charge is -2.16. The molecule has 0 saturated carbocycles. The van der Waals surface area contributed by atoms with Gasteiger partial charge in [0.15, 0.2) is 0 Å². The minimum atomic E-state index is -0.344. The number of hydrogen-bond donors (Lipinski definition) is 1. The van der Waals surface area contributed by atoms with Gasteiger partial charge in [0, 0.05) is 30.8 Å². The summed E-state index contributed by atoms with van der Waals surface area (Å²) < 4.78 is 18.5. The van der Waals surface area contributed by atoms with Crippen LogP contribution in [0, 0.1) is 5.82 Å². The molecule has 9 heteroatoms. The molecule has 0 atom stereocenters. The second-order valence-corrected chi connectivity index (χ2v) is 7.69. The number of anilines is 1. The molecule has 1 aliphatic heterocycles. The van der Waals surface area contributed by atoms with Crippen LogP contribution in [0.4, 0.5) is 10.1 Å². The minimum Gasteiger partial charge on any atom is -0.411 e. The topological polar surface area (TPSA) is 88.3 Å². The number of hydrogen-bond acceptors (Lipinski definition) is 6. The number of thioether (sulfide) groups is 1. The third-order valence-electron chi connectivity index (χ3n) is 4.64. The van der Waals surface area contributed by atoms with Gasteiger partial charge in [-0.25, -0.2) is 4.39 Å². The standard InChI is InChI=1S/C21H19FN4O3S/c22-16-7-5-15(6-8-16)20-24-25-21(29-20)30-13-18(27)23-12-14-3-9-17(10-4-14)26-11-1-2-19(26)28/h3-10H,1-2,11-13H2,(H,23,27). The van der Waals surface area contributed by atoms with Gasteiger partial charge in [0.25, 0.3) is 5.22 Å². The van der Waals surface area contributed by atoms with Crippen molar-refractivity contribution in [3.05, 3.63) is 59.9 Å². The molecule has 0 aliphatic carbocycles. The van der Waals surface area contributed by atoms with Gasteiger partial charge in [0.05, 0.1) is 5.75 Å². The van der Waals surface area contributed by atoms with Crippen LogP contribution < -0.4 is 10.2 Å². The SMILES string of the molecule is O=C(CSc1nnc(-c2ccc(F)cc2)o1)NCc1ccc(N2CCCC2=O)cc1. The number of rotatable bonds is 7. The van der Waals surface area contributed by atoms with E-state index in [1.165, 1.54) is 12.1 Å². The third kappa shape index (κ3) is 4.85. The zero-order chi connectivity index (χ0) is 20.9. The van der Waals surface area contributed by atoms with Crippen LogP contribution in [0.2, 0.25) is 0 Å². The highest BCUT2D eigenvalue weighted by molar-refractivity contribution is 7.99. The monoisotopic (exact) mass is 426 g/mol. The highest BCUT2D eigenvalue weighted by Gasteiger charge is 2.21. The van der Waals surface area contributed by atoms with Gasteiger partial charge in [-0.15, -0.1) is 10.2 Å². The fraction of sp³-hybridized carbons (Fsp3) is 0.238. The minimum absolute atomic E-state index is 0.130. The molecule has 1 aliphatic rings. The van der Waals surface area contributed by atoms with Crippen LogP contribution in [-0.2, 0) is 16.1 Å². The highest BCUT2D eigenvalue weighted by atomic mass is 32.2. The summed E-state index contributed by atoms with van der Waals surface area (Å²) in [6, 6.07) is 13.3. The number of aromatic nitrogens is 2. The van der Waals surface area contributed by atoms with Gasteiger partial charge in [-0.3, -0.25) is 9.59 Å². The normalized spacial score (nSPS) is 13.6. The van der Waals surface area contributed by atoms with Crippen molar-refractivity contribution in [2.24, 2.45) is 0 Å². The third-order valence-corrected chi connectivity index (χ3v) is 5.45. The first-order valence-electron chi connectivity index (χ1n) is 9.47. The number of halogens is 1. The van der Waals surface area contributed by atoms with E-state index in [9.17, 15) is 14.0 Å². The summed E-state index contributed by atoms with van der Waals surface area (Å²) in [7, 11) is 0. The Bertz CT molecular complexity index is 1040. The predicted octanol–water partition coefficient (Wildman–Crippen LogP) is 3.41. The number of carbonyl (C=O) groups excluding carboxylic acids is 2. The smallest absolute Gasteiger partial charge is 0.277 e. The Morgan fingerprint density at radius 2 is 1.90 bits per heavy atom. The maximum Gasteiger partial charge on any atom is 0.277 e. The number of benzene rings is 2. The first-order valence-corrected chi connectivity index (χ1v) is 10.5. The summed E-state index contributed by atoms with van der Waals surface area (Å²) in [5.74, 6) is 0.0426.